The molecule has 7 nitrogen and oxygen atoms in total. The first-order chi connectivity index (χ1) is 13.5. The second-order valence-corrected chi connectivity index (χ2v) is 9.10. The van der Waals surface area contributed by atoms with E-state index in [0.717, 1.165) is 0 Å². The lowest BCUT2D eigenvalue weighted by Gasteiger charge is -2.28. The zero-order valence-corrected chi connectivity index (χ0v) is 18.7. The number of carbonyl (C=O) groups is 1. The fraction of sp³-hybridized carbons (Fsp3) is 0.125. The van der Waals surface area contributed by atoms with E-state index in [1.165, 1.54) is 36.4 Å². The van der Waals surface area contributed by atoms with Gasteiger partial charge in [0.05, 0.1) is 15.5 Å². The predicted molar refractivity (Wildman–Crippen MR) is 120 cm³/mol. The van der Waals surface area contributed by atoms with Crippen molar-refractivity contribution in [2.75, 3.05) is 5.32 Å². The van der Waals surface area contributed by atoms with Crippen LogP contribution in [0.5, 0.6) is 0 Å². The molecule has 0 saturated heterocycles. The van der Waals surface area contributed by atoms with Gasteiger partial charge in [0.25, 0.3) is 11.6 Å². The largest absolute Gasteiger partial charge is 0.339 e. The Hall–Kier alpha value is -1.55. The van der Waals surface area contributed by atoms with Gasteiger partial charge < -0.3 is 16.0 Å². The van der Waals surface area contributed by atoms with Crippen LogP contribution < -0.4 is 16.0 Å². The number of nitrogens with one attached hydrogen (secondary N) is 3. The lowest BCUT2D eigenvalue weighted by atomic mass is 10.2. The number of halogens is 5. The molecule has 0 fully saturated rings. The molecule has 2 rings (SSSR count). The number of rotatable bonds is 5. The molecule has 0 aromatic heterocycles. The Labute approximate surface area is 195 Å². The third-order valence-electron chi connectivity index (χ3n) is 3.37. The average molecular weight is 517 g/mol. The molecule has 154 valence electrons. The first-order valence-electron chi connectivity index (χ1n) is 7.62. The second kappa shape index (κ2) is 9.97. The highest BCUT2D eigenvalue weighted by atomic mass is 35.6. The zero-order valence-electron chi connectivity index (χ0n) is 14.1. The van der Waals surface area contributed by atoms with Crippen LogP contribution in [0, 0.1) is 10.1 Å². The smallest absolute Gasteiger partial charge is 0.271 e. The Bertz CT molecular complexity index is 954. The number of benzene rings is 2. The van der Waals surface area contributed by atoms with Crippen molar-refractivity contribution < 1.29 is 9.72 Å². The van der Waals surface area contributed by atoms with E-state index in [1.807, 2.05) is 0 Å². The number of nitro groups is 1. The van der Waals surface area contributed by atoms with Crippen molar-refractivity contribution in [3.05, 3.63) is 68.2 Å². The van der Waals surface area contributed by atoms with Crippen LogP contribution in [0.1, 0.15) is 10.4 Å². The molecule has 0 heterocycles. The van der Waals surface area contributed by atoms with Gasteiger partial charge in [0.1, 0.15) is 6.17 Å². The maximum Gasteiger partial charge on any atom is 0.271 e. The van der Waals surface area contributed by atoms with Crippen molar-refractivity contribution in [2.45, 2.75) is 9.96 Å². The van der Waals surface area contributed by atoms with Crippen molar-refractivity contribution >= 4 is 92.6 Å². The van der Waals surface area contributed by atoms with Gasteiger partial charge in [-0.05, 0) is 36.5 Å². The molecule has 3 N–H and O–H groups in total. The first kappa shape index (κ1) is 23.7. The minimum atomic E-state index is -2.00. The van der Waals surface area contributed by atoms with Gasteiger partial charge in [-0.15, -0.1) is 0 Å². The molecule has 0 aliphatic carbocycles. The van der Waals surface area contributed by atoms with Gasteiger partial charge in [0.2, 0.25) is 3.79 Å². The molecule has 2 aromatic rings. The van der Waals surface area contributed by atoms with Gasteiger partial charge in [-0.1, -0.05) is 64.1 Å². The van der Waals surface area contributed by atoms with Crippen LogP contribution in [-0.4, -0.2) is 25.9 Å². The molecule has 0 unspecified atom stereocenters. The van der Waals surface area contributed by atoms with Crippen LogP contribution in [0.15, 0.2) is 42.5 Å². The summed E-state index contributed by atoms with van der Waals surface area (Å²) in [6.07, 6.45) is -1.26. The summed E-state index contributed by atoms with van der Waals surface area (Å²) in [6, 6.07) is 9.90. The summed E-state index contributed by atoms with van der Waals surface area (Å²) in [4.78, 5) is 22.8. The van der Waals surface area contributed by atoms with E-state index in [4.69, 9.17) is 70.2 Å². The average Bonchev–Trinajstić information content (AvgIpc) is 2.60. The van der Waals surface area contributed by atoms with E-state index < -0.39 is 20.8 Å². The highest BCUT2D eigenvalue weighted by molar-refractivity contribution is 7.80. The summed E-state index contributed by atoms with van der Waals surface area (Å²) in [5.41, 5.74) is 0.294. The van der Waals surface area contributed by atoms with Gasteiger partial charge in [-0.3, -0.25) is 14.9 Å². The summed E-state index contributed by atoms with van der Waals surface area (Å²) >= 11 is 34.8. The predicted octanol–water partition coefficient (Wildman–Crippen LogP) is 5.31. The number of nitrogens with zero attached hydrogens (tertiary/aromatic N) is 1. The Morgan fingerprint density at radius 1 is 1.10 bits per heavy atom. The Kier molecular flexibility index (Phi) is 8.16. The van der Waals surface area contributed by atoms with Crippen LogP contribution in [0.2, 0.25) is 10.0 Å². The lowest BCUT2D eigenvalue weighted by Crippen LogP contribution is -2.56. The van der Waals surface area contributed by atoms with Gasteiger partial charge in [0, 0.05) is 22.8 Å². The summed E-state index contributed by atoms with van der Waals surface area (Å²) in [5.74, 6) is -0.645. The number of hydrogen-bond acceptors (Lipinski definition) is 4. The first-order valence-corrected chi connectivity index (χ1v) is 9.92. The summed E-state index contributed by atoms with van der Waals surface area (Å²) in [5, 5.41) is 19.1. The Balaban J connectivity index is 2.12. The van der Waals surface area contributed by atoms with E-state index in [1.54, 1.807) is 6.07 Å². The van der Waals surface area contributed by atoms with Gasteiger partial charge in [0.15, 0.2) is 5.11 Å². The van der Waals surface area contributed by atoms with E-state index >= 15 is 0 Å². The molecule has 0 saturated carbocycles. The molecular formula is C16H11Cl5N4O3S. The van der Waals surface area contributed by atoms with Gasteiger partial charge in [-0.25, -0.2) is 0 Å². The number of amides is 1. The summed E-state index contributed by atoms with van der Waals surface area (Å²) in [6.45, 7) is 0. The van der Waals surface area contributed by atoms with Crippen LogP contribution in [-0.2, 0) is 0 Å². The minimum absolute atomic E-state index is 0.0515. The van der Waals surface area contributed by atoms with Crippen molar-refractivity contribution in [3.8, 4) is 0 Å². The normalized spacial score (nSPS) is 12.0. The zero-order chi connectivity index (χ0) is 21.8. The van der Waals surface area contributed by atoms with Gasteiger partial charge in [-0.2, -0.15) is 0 Å². The Morgan fingerprint density at radius 3 is 2.38 bits per heavy atom. The maximum absolute atomic E-state index is 12.5. The molecule has 1 amide bonds. The van der Waals surface area contributed by atoms with Crippen LogP contribution >= 0.6 is 70.2 Å². The SMILES string of the molecule is O=C(N[C@@H](NC(=S)Nc1cccc([N+](=O)[O-])c1)C(Cl)(Cl)Cl)c1ccc(Cl)cc1Cl. The highest BCUT2D eigenvalue weighted by Gasteiger charge is 2.35. The minimum Gasteiger partial charge on any atom is -0.339 e. The summed E-state index contributed by atoms with van der Waals surface area (Å²) < 4.78 is -2.00. The molecule has 0 radical (unpaired) electrons. The molecule has 0 bridgehead atoms. The van der Waals surface area contributed by atoms with Gasteiger partial charge >= 0.3 is 0 Å². The molecule has 1 atom stereocenters. The maximum atomic E-state index is 12.5. The molecule has 0 aliphatic heterocycles. The number of alkyl halides is 3. The second-order valence-electron chi connectivity index (χ2n) is 5.48. The number of carbonyl (C=O) groups excluding carboxylic acids is 1. The molecule has 29 heavy (non-hydrogen) atoms. The number of nitro benzene ring substituents is 1. The fourth-order valence-corrected chi connectivity index (χ4v) is 3.14. The van der Waals surface area contributed by atoms with Crippen molar-refractivity contribution in [1.82, 2.24) is 10.6 Å². The molecular weight excluding hydrogens is 506 g/mol. The van der Waals surface area contributed by atoms with Crippen molar-refractivity contribution in [1.29, 1.82) is 0 Å². The van der Waals surface area contributed by atoms with Crippen LogP contribution in [0.25, 0.3) is 0 Å². The van der Waals surface area contributed by atoms with Crippen LogP contribution in [0.3, 0.4) is 0 Å². The number of anilines is 1. The highest BCUT2D eigenvalue weighted by Crippen LogP contribution is 2.30. The van der Waals surface area contributed by atoms with E-state index in [9.17, 15) is 14.9 Å². The van der Waals surface area contributed by atoms with Crippen molar-refractivity contribution in [3.63, 3.8) is 0 Å². The topological polar surface area (TPSA) is 96.3 Å². The van der Waals surface area contributed by atoms with E-state index in [-0.39, 0.29) is 21.4 Å². The van der Waals surface area contributed by atoms with Crippen molar-refractivity contribution in [2.24, 2.45) is 0 Å². The monoisotopic (exact) mass is 514 g/mol. The van der Waals surface area contributed by atoms with E-state index in [0.29, 0.717) is 10.7 Å². The third kappa shape index (κ3) is 7.02. The fourth-order valence-electron chi connectivity index (χ4n) is 2.08. The lowest BCUT2D eigenvalue weighted by molar-refractivity contribution is -0.384. The molecule has 0 aliphatic rings. The standard InChI is InChI=1S/C16H11Cl5N4O3S/c17-8-4-5-11(12(18)6-8)13(26)23-14(16(19,20)21)24-15(29)22-9-2-1-3-10(7-9)25(27)28/h1-7,14H,(H,23,26)(H2,22,24,29)/t14-/m0/s1. The molecule has 2 aromatic carbocycles. The van der Waals surface area contributed by atoms with Crippen LogP contribution in [0.4, 0.5) is 11.4 Å². The summed E-state index contributed by atoms with van der Waals surface area (Å²) in [7, 11) is 0. The number of thiocarbonyl (C=S) groups is 1. The quantitative estimate of drug-likeness (QED) is 0.164. The molecule has 13 heteroatoms. The third-order valence-corrected chi connectivity index (χ3v) is 4.79. The Morgan fingerprint density at radius 2 is 1.79 bits per heavy atom. The number of hydrogen-bond donors (Lipinski definition) is 3. The van der Waals surface area contributed by atoms with E-state index in [2.05, 4.69) is 16.0 Å². The number of non-ortho nitro benzene ring substituents is 1. The molecule has 0 spiro atoms.